The minimum atomic E-state index is 0.317. The number of benzene rings is 1. The first-order chi connectivity index (χ1) is 7.85. The number of para-hydroxylation sites is 1. The summed E-state index contributed by atoms with van der Waals surface area (Å²) < 4.78 is 6.01. The first-order valence-corrected chi connectivity index (χ1v) is 6.33. The summed E-state index contributed by atoms with van der Waals surface area (Å²) in [6.07, 6.45) is 3.76. The zero-order valence-electron chi connectivity index (χ0n) is 10.2. The maximum Gasteiger partial charge on any atom is 0.123 e. The second-order valence-electron chi connectivity index (χ2n) is 4.42. The van der Waals surface area contributed by atoms with Gasteiger partial charge in [0.05, 0.1) is 0 Å². The van der Waals surface area contributed by atoms with Gasteiger partial charge in [-0.25, -0.2) is 0 Å². The Balaban J connectivity index is 2.02. The molecule has 0 saturated carbocycles. The summed E-state index contributed by atoms with van der Waals surface area (Å²) in [5.74, 6) is 1.08. The van der Waals surface area contributed by atoms with Crippen molar-refractivity contribution in [2.24, 2.45) is 0 Å². The van der Waals surface area contributed by atoms with Gasteiger partial charge in [0.15, 0.2) is 0 Å². The molecule has 0 radical (unpaired) electrons. The molecule has 0 fully saturated rings. The molecule has 1 aromatic rings. The highest BCUT2D eigenvalue weighted by atomic mass is 16.5. The third kappa shape index (κ3) is 2.38. The maximum atomic E-state index is 6.01. The fourth-order valence-corrected chi connectivity index (χ4v) is 2.43. The van der Waals surface area contributed by atoms with Crippen molar-refractivity contribution in [2.45, 2.75) is 45.3 Å². The van der Waals surface area contributed by atoms with Crippen LogP contribution in [0.3, 0.4) is 0 Å². The highest BCUT2D eigenvalue weighted by molar-refractivity contribution is 5.37. The molecule has 88 valence electrons. The Morgan fingerprint density at radius 1 is 1.38 bits per heavy atom. The lowest BCUT2D eigenvalue weighted by Crippen LogP contribution is -2.42. The summed E-state index contributed by atoms with van der Waals surface area (Å²) in [5.41, 5.74) is 1.35. The van der Waals surface area contributed by atoms with Gasteiger partial charge in [0.25, 0.3) is 0 Å². The Hall–Kier alpha value is -1.02. The van der Waals surface area contributed by atoms with E-state index in [4.69, 9.17) is 4.74 Å². The fraction of sp³-hybridized carbons (Fsp3) is 0.571. The molecule has 16 heavy (non-hydrogen) atoms. The lowest BCUT2D eigenvalue weighted by Gasteiger charge is -2.23. The van der Waals surface area contributed by atoms with Crippen LogP contribution in [0.15, 0.2) is 24.3 Å². The van der Waals surface area contributed by atoms with E-state index in [1.54, 1.807) is 0 Å². The summed E-state index contributed by atoms with van der Waals surface area (Å²) in [4.78, 5) is 0. The number of ether oxygens (including phenoxy) is 1. The van der Waals surface area contributed by atoms with Gasteiger partial charge in [-0.05, 0) is 24.6 Å². The fourth-order valence-electron chi connectivity index (χ4n) is 2.43. The Morgan fingerprint density at radius 2 is 2.19 bits per heavy atom. The smallest absolute Gasteiger partial charge is 0.123 e. The molecule has 2 atom stereocenters. The molecule has 0 aliphatic carbocycles. The average molecular weight is 219 g/mol. The van der Waals surface area contributed by atoms with Gasteiger partial charge in [-0.3, -0.25) is 0 Å². The second kappa shape index (κ2) is 5.35. The Bertz CT molecular complexity index is 306. The van der Waals surface area contributed by atoms with Gasteiger partial charge in [0.2, 0.25) is 0 Å². The van der Waals surface area contributed by atoms with E-state index in [9.17, 15) is 0 Å². The van der Waals surface area contributed by atoms with Crippen molar-refractivity contribution in [3.05, 3.63) is 29.8 Å². The largest absolute Gasteiger partial charge is 0.488 e. The van der Waals surface area contributed by atoms with Crippen molar-refractivity contribution >= 4 is 0 Å². The van der Waals surface area contributed by atoms with E-state index in [1.807, 2.05) is 6.07 Å². The van der Waals surface area contributed by atoms with Gasteiger partial charge in [0.1, 0.15) is 11.9 Å². The molecule has 2 heteroatoms. The van der Waals surface area contributed by atoms with Crippen molar-refractivity contribution in [2.75, 3.05) is 6.54 Å². The number of nitrogens with one attached hydrogen (secondary N) is 1. The minimum absolute atomic E-state index is 0.317. The van der Waals surface area contributed by atoms with E-state index >= 15 is 0 Å². The van der Waals surface area contributed by atoms with Gasteiger partial charge in [0, 0.05) is 12.5 Å². The summed E-state index contributed by atoms with van der Waals surface area (Å²) in [5, 5.41) is 3.54. The molecule has 0 amide bonds. The van der Waals surface area contributed by atoms with Gasteiger partial charge >= 0.3 is 0 Å². The molecule has 1 aromatic carbocycles. The predicted octanol–water partition coefficient (Wildman–Crippen LogP) is 2.77. The molecular weight excluding hydrogens is 198 g/mol. The molecule has 0 aromatic heterocycles. The van der Waals surface area contributed by atoms with Crippen LogP contribution in [0.25, 0.3) is 0 Å². The SMILES string of the molecule is CCCC(NCC)C1Cc2ccccc2O1. The Kier molecular flexibility index (Phi) is 3.83. The summed E-state index contributed by atoms with van der Waals surface area (Å²) in [6.45, 7) is 5.40. The van der Waals surface area contributed by atoms with Crippen LogP contribution >= 0.6 is 0 Å². The van der Waals surface area contributed by atoms with Crippen LogP contribution in [0, 0.1) is 0 Å². The molecule has 0 spiro atoms. The van der Waals surface area contributed by atoms with Crippen molar-refractivity contribution in [1.29, 1.82) is 0 Å². The van der Waals surface area contributed by atoms with E-state index in [0.717, 1.165) is 18.7 Å². The van der Waals surface area contributed by atoms with Gasteiger partial charge < -0.3 is 10.1 Å². The number of rotatable bonds is 5. The third-order valence-corrected chi connectivity index (χ3v) is 3.19. The monoisotopic (exact) mass is 219 g/mol. The summed E-state index contributed by atoms with van der Waals surface area (Å²) >= 11 is 0. The lowest BCUT2D eigenvalue weighted by molar-refractivity contribution is 0.172. The molecule has 1 N–H and O–H groups in total. The van der Waals surface area contributed by atoms with E-state index in [-0.39, 0.29) is 0 Å². The van der Waals surface area contributed by atoms with Crippen LogP contribution in [-0.2, 0) is 6.42 Å². The van der Waals surface area contributed by atoms with Gasteiger partial charge in [-0.2, -0.15) is 0 Å². The number of hydrogen-bond acceptors (Lipinski definition) is 2. The molecule has 2 unspecified atom stereocenters. The van der Waals surface area contributed by atoms with Gasteiger partial charge in [-0.1, -0.05) is 38.5 Å². The van der Waals surface area contributed by atoms with E-state index < -0.39 is 0 Å². The van der Waals surface area contributed by atoms with Crippen LogP contribution in [0.4, 0.5) is 0 Å². The van der Waals surface area contributed by atoms with Crippen molar-refractivity contribution < 1.29 is 4.74 Å². The molecule has 1 aliphatic heterocycles. The zero-order valence-corrected chi connectivity index (χ0v) is 10.2. The normalized spacial score (nSPS) is 20.2. The Morgan fingerprint density at radius 3 is 2.88 bits per heavy atom. The molecular formula is C14H21NO. The number of likely N-dealkylation sites (N-methyl/N-ethyl adjacent to an activating group) is 1. The van der Waals surface area contributed by atoms with Crippen molar-refractivity contribution in [3.8, 4) is 5.75 Å². The van der Waals surface area contributed by atoms with Gasteiger partial charge in [-0.15, -0.1) is 0 Å². The molecule has 2 nitrogen and oxygen atoms in total. The molecule has 1 aliphatic rings. The molecule has 0 saturated heterocycles. The van der Waals surface area contributed by atoms with Crippen LogP contribution in [-0.4, -0.2) is 18.7 Å². The van der Waals surface area contributed by atoms with Crippen molar-refractivity contribution in [3.63, 3.8) is 0 Å². The highest BCUT2D eigenvalue weighted by Gasteiger charge is 2.28. The lowest BCUT2D eigenvalue weighted by atomic mass is 10.0. The zero-order chi connectivity index (χ0) is 11.4. The van der Waals surface area contributed by atoms with Crippen LogP contribution in [0.2, 0.25) is 0 Å². The summed E-state index contributed by atoms with van der Waals surface area (Å²) in [7, 11) is 0. The Labute approximate surface area is 98.0 Å². The number of hydrogen-bond donors (Lipinski definition) is 1. The predicted molar refractivity (Wildman–Crippen MR) is 66.9 cm³/mol. The molecule has 1 heterocycles. The second-order valence-corrected chi connectivity index (χ2v) is 4.42. The average Bonchev–Trinajstić information content (AvgIpc) is 2.72. The van der Waals surface area contributed by atoms with Crippen LogP contribution in [0.5, 0.6) is 5.75 Å². The van der Waals surface area contributed by atoms with Crippen LogP contribution < -0.4 is 10.1 Å². The summed E-state index contributed by atoms with van der Waals surface area (Å²) in [6, 6.07) is 8.87. The van der Waals surface area contributed by atoms with Crippen molar-refractivity contribution in [1.82, 2.24) is 5.32 Å². The van der Waals surface area contributed by atoms with E-state index in [2.05, 4.69) is 37.4 Å². The van der Waals surface area contributed by atoms with Crippen LogP contribution in [0.1, 0.15) is 32.3 Å². The molecule has 0 bridgehead atoms. The quantitative estimate of drug-likeness (QED) is 0.822. The van der Waals surface area contributed by atoms with E-state index in [1.165, 1.54) is 18.4 Å². The first-order valence-electron chi connectivity index (χ1n) is 6.33. The first kappa shape index (κ1) is 11.5. The standard InChI is InChI=1S/C14H21NO/c1-3-7-12(15-4-2)14-10-11-8-5-6-9-13(11)16-14/h5-6,8-9,12,14-15H,3-4,7,10H2,1-2H3. The minimum Gasteiger partial charge on any atom is -0.488 e. The molecule has 2 rings (SSSR count). The number of fused-ring (bicyclic) bond motifs is 1. The highest BCUT2D eigenvalue weighted by Crippen LogP contribution is 2.30. The maximum absolute atomic E-state index is 6.01. The topological polar surface area (TPSA) is 21.3 Å². The van der Waals surface area contributed by atoms with E-state index in [0.29, 0.717) is 12.1 Å². The third-order valence-electron chi connectivity index (χ3n) is 3.19.